The van der Waals surface area contributed by atoms with Crippen LogP contribution in [0.2, 0.25) is 0 Å². The van der Waals surface area contributed by atoms with Gasteiger partial charge in [-0.15, -0.1) is 6.58 Å². The maximum Gasteiger partial charge on any atom is 0.306 e. The molecule has 0 aromatic carbocycles. The molecule has 272 valence electrons. The zero-order valence-corrected chi connectivity index (χ0v) is 32.5. The fourth-order valence-corrected chi connectivity index (χ4v) is 12.9. The molecule has 6 aliphatic rings. The Morgan fingerprint density at radius 2 is 1.22 bits per heavy atom. The molecule has 0 radical (unpaired) electrons. The van der Waals surface area contributed by atoms with Crippen molar-refractivity contribution >= 4 is 11.9 Å². The molecule has 4 heteroatoms. The number of ether oxygens (including phenoxy) is 2. The maximum atomic E-state index is 13.6. The molecule has 0 bridgehead atoms. The van der Waals surface area contributed by atoms with E-state index in [-0.39, 0.29) is 52.4 Å². The largest absolute Gasteiger partial charge is 0.459 e. The summed E-state index contributed by atoms with van der Waals surface area (Å²) in [5.41, 5.74) is 4.07. The second kappa shape index (κ2) is 12.8. The maximum absolute atomic E-state index is 13.6. The molecule has 11 atom stereocenters. The predicted molar refractivity (Wildman–Crippen MR) is 200 cm³/mol. The van der Waals surface area contributed by atoms with E-state index in [9.17, 15) is 9.59 Å². The van der Waals surface area contributed by atoms with Gasteiger partial charge in [-0.1, -0.05) is 76.1 Å². The molecule has 4 nitrogen and oxygen atoms in total. The predicted octanol–water partition coefficient (Wildman–Crippen LogP) is 11.7. The molecule has 0 saturated heterocycles. The zero-order chi connectivity index (χ0) is 35.6. The number of allylic oxidation sites excluding steroid dienone is 6. The van der Waals surface area contributed by atoms with Crippen LogP contribution in [-0.4, -0.2) is 23.1 Å². The third kappa shape index (κ3) is 6.47. The Morgan fingerprint density at radius 1 is 0.755 bits per heavy atom. The highest BCUT2D eigenvalue weighted by atomic mass is 16.6. The van der Waals surface area contributed by atoms with Crippen LogP contribution in [0.25, 0.3) is 0 Å². The van der Waals surface area contributed by atoms with E-state index in [0.29, 0.717) is 23.7 Å². The van der Waals surface area contributed by atoms with Gasteiger partial charge < -0.3 is 9.47 Å². The Balaban J connectivity index is 1.06. The normalized spacial score (nSPS) is 45.1. The van der Waals surface area contributed by atoms with E-state index in [1.165, 1.54) is 31.3 Å². The number of carbonyl (C=O) groups excluding carboxylic acids is 2. The first-order chi connectivity index (χ1) is 22.9. The van der Waals surface area contributed by atoms with Crippen LogP contribution in [0.1, 0.15) is 158 Å². The van der Waals surface area contributed by atoms with Gasteiger partial charge in [0.05, 0.1) is 0 Å². The summed E-state index contributed by atoms with van der Waals surface area (Å²) in [6.07, 6.45) is 23.1. The van der Waals surface area contributed by atoms with Gasteiger partial charge in [-0.05, 0) is 139 Å². The van der Waals surface area contributed by atoms with Crippen molar-refractivity contribution in [2.24, 2.45) is 51.2 Å². The highest BCUT2D eigenvalue weighted by molar-refractivity contribution is 5.73. The first-order valence-corrected chi connectivity index (χ1v) is 20.1. The second-order valence-electron chi connectivity index (χ2n) is 19.5. The monoisotopic (exact) mass is 673 g/mol. The summed E-state index contributed by atoms with van der Waals surface area (Å²) in [6.45, 7) is 26.7. The standard InChI is InChI=1S/C45H68O4/c1-11-40(5)24-18-34-32(28-40)14-16-36-42(34,7)20-12-22-44(36,9)48-38(46)26-31(4)27-39(47)49-45(10)23-13-21-43(8)35-19-25-41(6,30(2)3)29-33(35)15-17-37(43)45/h11,28-29,31,34-37H,1-2,12-27H2,3-10H3. The van der Waals surface area contributed by atoms with Crippen molar-refractivity contribution in [1.82, 2.24) is 0 Å². The SMILES string of the molecule is C=CC1(C)C=C2CCC3C(C)(OC(=O)CC(C)CC(=O)OC4(C)CCCC5(C)C6CCC(C)(C(=C)C)C=C6CCC45)CCCC3(C)C2CC1. The Hall–Kier alpha value is -2.10. The van der Waals surface area contributed by atoms with Crippen molar-refractivity contribution in [2.75, 3.05) is 0 Å². The average Bonchev–Trinajstić information content (AvgIpc) is 2.99. The van der Waals surface area contributed by atoms with Crippen molar-refractivity contribution in [2.45, 2.75) is 169 Å². The molecule has 0 amide bonds. The lowest BCUT2D eigenvalue weighted by Crippen LogP contribution is -2.56. The molecule has 49 heavy (non-hydrogen) atoms. The molecule has 0 aromatic heterocycles. The van der Waals surface area contributed by atoms with Crippen molar-refractivity contribution in [3.05, 3.63) is 48.1 Å². The third-order valence-electron chi connectivity index (χ3n) is 15.9. The van der Waals surface area contributed by atoms with E-state index in [0.717, 1.165) is 64.2 Å². The summed E-state index contributed by atoms with van der Waals surface area (Å²) in [4.78, 5) is 27.2. The number of rotatable bonds is 8. The zero-order valence-electron chi connectivity index (χ0n) is 32.5. The molecule has 4 saturated carbocycles. The fraction of sp³-hybridized carbons (Fsp3) is 0.778. The van der Waals surface area contributed by atoms with Gasteiger partial charge in [0.25, 0.3) is 0 Å². The second-order valence-corrected chi connectivity index (χ2v) is 19.5. The minimum Gasteiger partial charge on any atom is -0.459 e. The van der Waals surface area contributed by atoms with E-state index >= 15 is 0 Å². The highest BCUT2D eigenvalue weighted by Gasteiger charge is 2.59. The van der Waals surface area contributed by atoms with Gasteiger partial charge in [-0.2, -0.15) is 0 Å². The fourth-order valence-electron chi connectivity index (χ4n) is 12.9. The summed E-state index contributed by atoms with van der Waals surface area (Å²) >= 11 is 0. The lowest BCUT2D eigenvalue weighted by molar-refractivity contribution is -0.189. The summed E-state index contributed by atoms with van der Waals surface area (Å²) in [7, 11) is 0. The first-order valence-electron chi connectivity index (χ1n) is 20.1. The van der Waals surface area contributed by atoms with Gasteiger partial charge in [0.2, 0.25) is 0 Å². The van der Waals surface area contributed by atoms with Gasteiger partial charge in [0.1, 0.15) is 11.2 Å². The van der Waals surface area contributed by atoms with Gasteiger partial charge in [0.15, 0.2) is 0 Å². The molecule has 0 aliphatic heterocycles. The molecule has 0 heterocycles. The van der Waals surface area contributed by atoms with E-state index < -0.39 is 11.2 Å². The Labute approximate surface area is 299 Å². The van der Waals surface area contributed by atoms with Crippen LogP contribution >= 0.6 is 0 Å². The molecule has 4 fully saturated rings. The van der Waals surface area contributed by atoms with Crippen molar-refractivity contribution in [3.63, 3.8) is 0 Å². The minimum atomic E-state index is -0.457. The molecular weight excluding hydrogens is 604 g/mol. The van der Waals surface area contributed by atoms with Crippen LogP contribution in [-0.2, 0) is 19.1 Å². The smallest absolute Gasteiger partial charge is 0.306 e. The van der Waals surface area contributed by atoms with Crippen LogP contribution in [0.3, 0.4) is 0 Å². The lowest BCUT2D eigenvalue weighted by atomic mass is 9.47. The van der Waals surface area contributed by atoms with E-state index in [4.69, 9.17) is 9.47 Å². The Morgan fingerprint density at radius 3 is 1.69 bits per heavy atom. The van der Waals surface area contributed by atoms with E-state index in [1.54, 1.807) is 11.1 Å². The van der Waals surface area contributed by atoms with Crippen LogP contribution in [0, 0.1) is 51.2 Å². The summed E-state index contributed by atoms with van der Waals surface area (Å²) in [5.74, 6) is 1.42. The van der Waals surface area contributed by atoms with Crippen molar-refractivity contribution in [3.8, 4) is 0 Å². The van der Waals surface area contributed by atoms with Crippen molar-refractivity contribution in [1.29, 1.82) is 0 Å². The molecule has 0 aromatic rings. The Bertz CT molecular complexity index is 1420. The third-order valence-corrected chi connectivity index (χ3v) is 15.9. The van der Waals surface area contributed by atoms with E-state index in [2.05, 4.69) is 79.9 Å². The first kappa shape index (κ1) is 36.7. The number of carbonyl (C=O) groups is 2. The van der Waals surface area contributed by atoms with Crippen molar-refractivity contribution < 1.29 is 19.1 Å². The molecule has 6 rings (SSSR count). The van der Waals surface area contributed by atoms with E-state index in [1.807, 2.05) is 6.92 Å². The summed E-state index contributed by atoms with van der Waals surface area (Å²) in [6, 6.07) is 0. The number of hydrogen-bond donors (Lipinski definition) is 0. The van der Waals surface area contributed by atoms with Crippen LogP contribution in [0.15, 0.2) is 48.1 Å². The molecule has 0 spiro atoms. The van der Waals surface area contributed by atoms with Gasteiger partial charge in [-0.3, -0.25) is 9.59 Å². The Kier molecular flexibility index (Phi) is 9.61. The average molecular weight is 673 g/mol. The summed E-state index contributed by atoms with van der Waals surface area (Å²) < 4.78 is 13.0. The summed E-state index contributed by atoms with van der Waals surface area (Å²) in [5, 5.41) is 0. The molecular formula is C45H68O4. The van der Waals surface area contributed by atoms with Crippen LogP contribution in [0.4, 0.5) is 0 Å². The number of fused-ring (bicyclic) bond motifs is 6. The van der Waals surface area contributed by atoms with Gasteiger partial charge >= 0.3 is 11.9 Å². The van der Waals surface area contributed by atoms with Gasteiger partial charge in [-0.25, -0.2) is 0 Å². The minimum absolute atomic E-state index is 0.102. The van der Waals surface area contributed by atoms with Gasteiger partial charge in [0, 0.05) is 35.5 Å². The highest BCUT2D eigenvalue weighted by Crippen LogP contribution is 2.64. The molecule has 6 aliphatic carbocycles. The quantitative estimate of drug-likeness (QED) is 0.190. The number of hydrogen-bond acceptors (Lipinski definition) is 4. The lowest BCUT2D eigenvalue weighted by Gasteiger charge is -2.59. The van der Waals surface area contributed by atoms with Crippen LogP contribution < -0.4 is 0 Å². The molecule has 0 N–H and O–H groups in total. The topological polar surface area (TPSA) is 52.6 Å². The number of esters is 2. The van der Waals surface area contributed by atoms with Crippen LogP contribution in [0.5, 0.6) is 0 Å². The molecule has 11 unspecified atom stereocenters.